The van der Waals surface area contributed by atoms with E-state index in [4.69, 9.17) is 4.74 Å². The maximum absolute atomic E-state index is 11.3. The summed E-state index contributed by atoms with van der Waals surface area (Å²) in [5.41, 5.74) is 0. The molecule has 0 N–H and O–H groups in total. The van der Waals surface area contributed by atoms with Crippen LogP contribution in [0.1, 0.15) is 21.5 Å². The van der Waals surface area contributed by atoms with Gasteiger partial charge in [-0.25, -0.2) is 9.59 Å². The van der Waals surface area contributed by atoms with Crippen LogP contribution in [0.4, 0.5) is 0 Å². The minimum absolute atomic E-state index is 0.333. The monoisotopic (exact) mass is 238 g/mol. The summed E-state index contributed by atoms with van der Waals surface area (Å²) in [4.78, 5) is 23.1. The molecule has 1 heterocycles. The van der Waals surface area contributed by atoms with Crippen molar-refractivity contribution in [2.75, 3.05) is 13.7 Å². The van der Waals surface area contributed by atoms with Gasteiger partial charge in [-0.1, -0.05) is 0 Å². The van der Waals surface area contributed by atoms with E-state index >= 15 is 0 Å². The average molecular weight is 238 g/mol. The van der Waals surface area contributed by atoms with Crippen LogP contribution in [-0.4, -0.2) is 25.7 Å². The topological polar surface area (TPSA) is 52.6 Å². The van der Waals surface area contributed by atoms with Crippen molar-refractivity contribution < 1.29 is 19.1 Å². The van der Waals surface area contributed by atoms with Crippen molar-refractivity contribution >= 4 is 23.3 Å². The van der Waals surface area contributed by atoms with E-state index in [0.717, 1.165) is 0 Å². The number of carbonyl (C=O) groups excluding carboxylic acids is 2. The highest BCUT2D eigenvalue weighted by atomic mass is 32.1. The molecule has 4 nitrogen and oxygen atoms in total. The maximum Gasteiger partial charge on any atom is 0.384 e. The SMILES string of the molecule is CCOC(=O)c1ccc(C#CC(=O)OC)s1. The molecule has 0 aromatic carbocycles. The Kier molecular flexibility index (Phi) is 4.55. The van der Waals surface area contributed by atoms with Crippen LogP contribution in [0.2, 0.25) is 0 Å². The third-order valence-electron chi connectivity index (χ3n) is 1.56. The van der Waals surface area contributed by atoms with Crippen molar-refractivity contribution in [3.8, 4) is 11.8 Å². The van der Waals surface area contributed by atoms with Crippen LogP contribution in [0.3, 0.4) is 0 Å². The lowest BCUT2D eigenvalue weighted by atomic mass is 10.4. The van der Waals surface area contributed by atoms with Crippen LogP contribution in [0.15, 0.2) is 12.1 Å². The second-order valence-electron chi connectivity index (χ2n) is 2.63. The van der Waals surface area contributed by atoms with E-state index in [2.05, 4.69) is 16.6 Å². The molecule has 0 saturated carbocycles. The van der Waals surface area contributed by atoms with E-state index in [0.29, 0.717) is 16.4 Å². The summed E-state index contributed by atoms with van der Waals surface area (Å²) >= 11 is 1.18. The summed E-state index contributed by atoms with van der Waals surface area (Å²) in [6.07, 6.45) is 0. The van der Waals surface area contributed by atoms with Crippen molar-refractivity contribution in [1.82, 2.24) is 0 Å². The molecule has 0 spiro atoms. The number of carbonyl (C=O) groups is 2. The Morgan fingerprint density at radius 2 is 2.19 bits per heavy atom. The fraction of sp³-hybridized carbons (Fsp3) is 0.273. The van der Waals surface area contributed by atoms with E-state index in [-0.39, 0.29) is 5.97 Å². The van der Waals surface area contributed by atoms with Crippen molar-refractivity contribution in [3.63, 3.8) is 0 Å². The first-order chi connectivity index (χ1) is 7.67. The van der Waals surface area contributed by atoms with Gasteiger partial charge in [-0.2, -0.15) is 0 Å². The van der Waals surface area contributed by atoms with Crippen LogP contribution in [0.25, 0.3) is 0 Å². The quantitative estimate of drug-likeness (QED) is 0.578. The fourth-order valence-electron chi connectivity index (χ4n) is 0.881. The third kappa shape index (κ3) is 3.41. The van der Waals surface area contributed by atoms with Gasteiger partial charge in [-0.15, -0.1) is 11.3 Å². The van der Waals surface area contributed by atoms with Crippen molar-refractivity contribution in [2.24, 2.45) is 0 Å². The van der Waals surface area contributed by atoms with Crippen molar-refractivity contribution in [3.05, 3.63) is 21.9 Å². The zero-order valence-electron chi connectivity index (χ0n) is 8.90. The lowest BCUT2D eigenvalue weighted by molar-refractivity contribution is -0.133. The van der Waals surface area contributed by atoms with Gasteiger partial charge in [0.2, 0.25) is 0 Å². The normalized spacial score (nSPS) is 8.88. The van der Waals surface area contributed by atoms with Gasteiger partial charge in [0, 0.05) is 5.92 Å². The summed E-state index contributed by atoms with van der Waals surface area (Å²) in [7, 11) is 1.26. The van der Waals surface area contributed by atoms with Crippen LogP contribution in [0.5, 0.6) is 0 Å². The first kappa shape index (κ1) is 12.3. The Labute approximate surface area is 97.2 Å². The fourth-order valence-corrected chi connectivity index (χ4v) is 1.63. The number of methoxy groups -OCH3 is 1. The first-order valence-corrected chi connectivity index (χ1v) is 5.36. The van der Waals surface area contributed by atoms with Gasteiger partial charge in [-0.3, -0.25) is 0 Å². The molecule has 5 heteroatoms. The molecule has 0 bridgehead atoms. The molecule has 0 aliphatic rings. The summed E-state index contributed by atoms with van der Waals surface area (Å²) < 4.78 is 9.18. The third-order valence-corrected chi connectivity index (χ3v) is 2.54. The van der Waals surface area contributed by atoms with E-state index in [9.17, 15) is 9.59 Å². The van der Waals surface area contributed by atoms with Crippen molar-refractivity contribution in [2.45, 2.75) is 6.92 Å². The first-order valence-electron chi connectivity index (χ1n) is 4.54. The lowest BCUT2D eigenvalue weighted by Gasteiger charge is -1.95. The second kappa shape index (κ2) is 5.93. The molecular formula is C11H10O4S. The van der Waals surface area contributed by atoms with Crippen LogP contribution < -0.4 is 0 Å². The molecule has 0 fully saturated rings. The van der Waals surface area contributed by atoms with E-state index in [1.165, 1.54) is 18.4 Å². The molecule has 16 heavy (non-hydrogen) atoms. The molecule has 0 aliphatic heterocycles. The molecule has 0 atom stereocenters. The van der Waals surface area contributed by atoms with E-state index in [1.807, 2.05) is 0 Å². The molecule has 0 radical (unpaired) electrons. The Hall–Kier alpha value is -1.80. The summed E-state index contributed by atoms with van der Waals surface area (Å²) in [5, 5.41) is 0. The Bertz CT molecular complexity index is 450. The van der Waals surface area contributed by atoms with Gasteiger partial charge in [-0.05, 0) is 25.0 Å². The van der Waals surface area contributed by atoms with E-state index < -0.39 is 5.97 Å². The van der Waals surface area contributed by atoms with Crippen LogP contribution in [0, 0.1) is 11.8 Å². The Balaban J connectivity index is 2.74. The minimum atomic E-state index is -0.605. The van der Waals surface area contributed by atoms with Gasteiger partial charge in [0.05, 0.1) is 18.6 Å². The standard InChI is InChI=1S/C11H10O4S/c1-3-15-11(13)9-6-4-8(16-9)5-7-10(12)14-2/h4,6H,3H2,1-2H3. The predicted octanol–water partition coefficient (Wildman–Crippen LogP) is 1.45. The number of hydrogen-bond acceptors (Lipinski definition) is 5. The molecule has 1 rings (SSSR count). The zero-order chi connectivity index (χ0) is 12.0. The largest absolute Gasteiger partial charge is 0.462 e. The van der Waals surface area contributed by atoms with Gasteiger partial charge in [0.15, 0.2) is 0 Å². The van der Waals surface area contributed by atoms with Crippen molar-refractivity contribution in [1.29, 1.82) is 0 Å². The summed E-state index contributed by atoms with van der Waals surface area (Å²) in [6, 6.07) is 3.27. The van der Waals surface area contributed by atoms with Gasteiger partial charge < -0.3 is 9.47 Å². The van der Waals surface area contributed by atoms with E-state index in [1.54, 1.807) is 19.1 Å². The van der Waals surface area contributed by atoms with Gasteiger partial charge in [0.1, 0.15) is 4.88 Å². The highest BCUT2D eigenvalue weighted by molar-refractivity contribution is 7.14. The molecule has 1 aromatic rings. The Morgan fingerprint density at radius 3 is 2.81 bits per heavy atom. The van der Waals surface area contributed by atoms with Crippen LogP contribution >= 0.6 is 11.3 Å². The smallest absolute Gasteiger partial charge is 0.384 e. The maximum atomic E-state index is 11.3. The molecule has 0 saturated heterocycles. The molecule has 84 valence electrons. The number of rotatable bonds is 2. The molecule has 0 aliphatic carbocycles. The van der Waals surface area contributed by atoms with Crippen LogP contribution in [-0.2, 0) is 14.3 Å². The average Bonchev–Trinajstić information content (AvgIpc) is 2.75. The minimum Gasteiger partial charge on any atom is -0.462 e. The molecule has 0 unspecified atom stereocenters. The molecular weight excluding hydrogens is 228 g/mol. The Morgan fingerprint density at radius 1 is 1.44 bits per heavy atom. The highest BCUT2D eigenvalue weighted by Gasteiger charge is 2.08. The summed E-state index contributed by atoms with van der Waals surface area (Å²) in [6.45, 7) is 2.07. The second-order valence-corrected chi connectivity index (χ2v) is 3.71. The lowest BCUT2D eigenvalue weighted by Crippen LogP contribution is -2.01. The molecule has 0 amide bonds. The summed E-state index contributed by atoms with van der Waals surface area (Å²) in [5.74, 6) is 3.90. The van der Waals surface area contributed by atoms with Gasteiger partial charge in [0.25, 0.3) is 0 Å². The van der Waals surface area contributed by atoms with Gasteiger partial charge >= 0.3 is 11.9 Å². The molecule has 1 aromatic heterocycles. The number of thiophene rings is 1. The predicted molar refractivity (Wildman–Crippen MR) is 59.2 cm³/mol. The number of ether oxygens (including phenoxy) is 2. The number of hydrogen-bond donors (Lipinski definition) is 0. The zero-order valence-corrected chi connectivity index (χ0v) is 9.72. The highest BCUT2D eigenvalue weighted by Crippen LogP contribution is 2.16. The number of esters is 2.